The summed E-state index contributed by atoms with van der Waals surface area (Å²) in [6.45, 7) is 1.95. The Morgan fingerprint density at radius 2 is 1.94 bits per heavy atom. The molecule has 0 unspecified atom stereocenters. The number of nitro benzene ring substituents is 1. The van der Waals surface area contributed by atoms with Gasteiger partial charge in [-0.15, -0.1) is 0 Å². The van der Waals surface area contributed by atoms with Gasteiger partial charge in [-0.2, -0.15) is 0 Å². The molecule has 1 saturated heterocycles. The molecule has 1 aromatic rings. The highest BCUT2D eigenvalue weighted by Crippen LogP contribution is 2.28. The van der Waals surface area contributed by atoms with Crippen molar-refractivity contribution in [2.75, 3.05) is 23.7 Å². The number of rotatable bonds is 2. The molecule has 0 amide bonds. The Balaban J connectivity index is 2.27. The van der Waals surface area contributed by atoms with E-state index in [-0.39, 0.29) is 11.4 Å². The van der Waals surface area contributed by atoms with Gasteiger partial charge in [0.15, 0.2) is 0 Å². The van der Waals surface area contributed by atoms with Crippen molar-refractivity contribution in [3.63, 3.8) is 0 Å². The van der Waals surface area contributed by atoms with Crippen molar-refractivity contribution in [3.05, 3.63) is 28.3 Å². The molecule has 1 aliphatic heterocycles. The molecular weight excluding hydrogens is 206 g/mol. The standard InChI is InChI=1S/C11H15N3O2/c12-10-5-4-9(8-11(10)14(15)16)13-6-2-1-3-7-13/h4-5,8H,1-3,6-7,12H2. The lowest BCUT2D eigenvalue weighted by molar-refractivity contribution is -0.383. The molecule has 2 N–H and O–H groups in total. The lowest BCUT2D eigenvalue weighted by atomic mass is 10.1. The molecule has 0 radical (unpaired) electrons. The second kappa shape index (κ2) is 4.38. The van der Waals surface area contributed by atoms with Crippen LogP contribution in [-0.2, 0) is 0 Å². The zero-order chi connectivity index (χ0) is 11.5. The summed E-state index contributed by atoms with van der Waals surface area (Å²) in [5.41, 5.74) is 6.69. The van der Waals surface area contributed by atoms with E-state index in [1.807, 2.05) is 6.07 Å². The number of hydrogen-bond donors (Lipinski definition) is 1. The van der Waals surface area contributed by atoms with Gasteiger partial charge in [-0.1, -0.05) is 0 Å². The lowest BCUT2D eigenvalue weighted by Crippen LogP contribution is -2.29. The predicted molar refractivity (Wildman–Crippen MR) is 63.6 cm³/mol. The van der Waals surface area contributed by atoms with E-state index in [1.54, 1.807) is 12.1 Å². The Morgan fingerprint density at radius 3 is 2.56 bits per heavy atom. The summed E-state index contributed by atoms with van der Waals surface area (Å²) in [6.07, 6.45) is 3.55. The summed E-state index contributed by atoms with van der Waals surface area (Å²) in [5, 5.41) is 10.8. The van der Waals surface area contributed by atoms with Gasteiger partial charge < -0.3 is 10.6 Å². The average molecular weight is 221 g/mol. The van der Waals surface area contributed by atoms with E-state index in [4.69, 9.17) is 5.73 Å². The molecule has 0 atom stereocenters. The van der Waals surface area contributed by atoms with Crippen LogP contribution in [0.2, 0.25) is 0 Å². The molecule has 0 saturated carbocycles. The van der Waals surface area contributed by atoms with Crippen molar-refractivity contribution in [1.29, 1.82) is 0 Å². The van der Waals surface area contributed by atoms with Gasteiger partial charge in [-0.3, -0.25) is 10.1 Å². The molecule has 0 spiro atoms. The van der Waals surface area contributed by atoms with Gasteiger partial charge in [0, 0.05) is 24.8 Å². The van der Waals surface area contributed by atoms with Gasteiger partial charge in [0.25, 0.3) is 5.69 Å². The molecule has 86 valence electrons. The normalized spacial score (nSPS) is 16.1. The fraction of sp³-hybridized carbons (Fsp3) is 0.455. The van der Waals surface area contributed by atoms with Crippen molar-refractivity contribution in [2.45, 2.75) is 19.3 Å². The van der Waals surface area contributed by atoms with Crippen LogP contribution >= 0.6 is 0 Å². The molecule has 5 nitrogen and oxygen atoms in total. The fourth-order valence-electron chi connectivity index (χ4n) is 2.04. The zero-order valence-corrected chi connectivity index (χ0v) is 9.06. The number of nitrogen functional groups attached to an aromatic ring is 1. The molecule has 1 aliphatic rings. The average Bonchev–Trinajstić information content (AvgIpc) is 2.30. The minimum Gasteiger partial charge on any atom is -0.393 e. The van der Waals surface area contributed by atoms with Crippen LogP contribution in [0.1, 0.15) is 19.3 Å². The van der Waals surface area contributed by atoms with E-state index in [1.165, 1.54) is 6.42 Å². The lowest BCUT2D eigenvalue weighted by Gasteiger charge is -2.28. The second-order valence-corrected chi connectivity index (χ2v) is 4.05. The smallest absolute Gasteiger partial charge is 0.294 e. The van der Waals surface area contributed by atoms with Crippen molar-refractivity contribution < 1.29 is 4.92 Å². The molecule has 16 heavy (non-hydrogen) atoms. The third kappa shape index (κ3) is 2.08. The van der Waals surface area contributed by atoms with Crippen molar-refractivity contribution in [1.82, 2.24) is 0 Å². The second-order valence-electron chi connectivity index (χ2n) is 4.05. The summed E-state index contributed by atoms with van der Waals surface area (Å²) >= 11 is 0. The quantitative estimate of drug-likeness (QED) is 0.472. The first-order chi connectivity index (χ1) is 7.68. The van der Waals surface area contributed by atoms with Gasteiger partial charge in [-0.05, 0) is 31.4 Å². The molecule has 1 heterocycles. The number of nitrogens with two attached hydrogens (primary N) is 1. The van der Waals surface area contributed by atoms with Crippen molar-refractivity contribution >= 4 is 17.1 Å². The zero-order valence-electron chi connectivity index (χ0n) is 9.06. The maximum Gasteiger partial charge on any atom is 0.294 e. The van der Waals surface area contributed by atoms with E-state index in [9.17, 15) is 10.1 Å². The molecule has 5 heteroatoms. The highest BCUT2D eigenvalue weighted by Gasteiger charge is 2.16. The van der Waals surface area contributed by atoms with Crippen molar-refractivity contribution in [3.8, 4) is 0 Å². The minimum absolute atomic E-state index is 0.00285. The van der Waals surface area contributed by atoms with Gasteiger partial charge in [-0.25, -0.2) is 0 Å². The third-order valence-corrected chi connectivity index (χ3v) is 2.93. The maximum absolute atomic E-state index is 10.8. The summed E-state index contributed by atoms with van der Waals surface area (Å²) < 4.78 is 0. The van der Waals surface area contributed by atoms with Crippen LogP contribution in [0, 0.1) is 10.1 Å². The van der Waals surface area contributed by atoms with Crippen LogP contribution in [0.25, 0.3) is 0 Å². The van der Waals surface area contributed by atoms with Crippen LogP contribution in [0.5, 0.6) is 0 Å². The molecule has 1 aromatic carbocycles. The summed E-state index contributed by atoms with van der Waals surface area (Å²) in [4.78, 5) is 12.5. The third-order valence-electron chi connectivity index (χ3n) is 2.93. The highest BCUT2D eigenvalue weighted by atomic mass is 16.6. The summed E-state index contributed by atoms with van der Waals surface area (Å²) in [6, 6.07) is 5.04. The van der Waals surface area contributed by atoms with E-state index in [2.05, 4.69) is 4.90 Å². The van der Waals surface area contributed by atoms with Gasteiger partial charge in [0.1, 0.15) is 5.69 Å². The number of hydrogen-bond acceptors (Lipinski definition) is 4. The largest absolute Gasteiger partial charge is 0.393 e. The predicted octanol–water partition coefficient (Wildman–Crippen LogP) is 2.17. The van der Waals surface area contributed by atoms with E-state index >= 15 is 0 Å². The Hall–Kier alpha value is -1.78. The van der Waals surface area contributed by atoms with E-state index < -0.39 is 4.92 Å². The monoisotopic (exact) mass is 221 g/mol. The summed E-state index contributed by atoms with van der Waals surface area (Å²) in [5.74, 6) is 0. The first kappa shape index (κ1) is 10.7. The number of piperidine rings is 1. The highest BCUT2D eigenvalue weighted by molar-refractivity contribution is 5.66. The first-order valence-corrected chi connectivity index (χ1v) is 5.47. The molecular formula is C11H15N3O2. The van der Waals surface area contributed by atoms with Crippen LogP contribution in [-0.4, -0.2) is 18.0 Å². The number of benzene rings is 1. The Kier molecular flexibility index (Phi) is 2.94. The van der Waals surface area contributed by atoms with Crippen LogP contribution in [0.4, 0.5) is 17.1 Å². The Labute approximate surface area is 94.0 Å². The SMILES string of the molecule is Nc1ccc(N2CCCCC2)cc1[N+](=O)[O-]. The van der Waals surface area contributed by atoms with E-state index in [0.29, 0.717) is 0 Å². The molecule has 2 rings (SSSR count). The Morgan fingerprint density at radius 1 is 1.25 bits per heavy atom. The maximum atomic E-state index is 10.8. The van der Waals surface area contributed by atoms with Crippen LogP contribution in [0.3, 0.4) is 0 Å². The Bertz CT molecular complexity index is 400. The molecule has 0 aliphatic carbocycles. The van der Waals surface area contributed by atoms with Gasteiger partial charge in [0.05, 0.1) is 4.92 Å². The number of nitro groups is 1. The van der Waals surface area contributed by atoms with E-state index in [0.717, 1.165) is 31.6 Å². The van der Waals surface area contributed by atoms with Crippen LogP contribution < -0.4 is 10.6 Å². The first-order valence-electron chi connectivity index (χ1n) is 5.47. The fourth-order valence-corrected chi connectivity index (χ4v) is 2.04. The number of anilines is 2. The van der Waals surface area contributed by atoms with Gasteiger partial charge >= 0.3 is 0 Å². The van der Waals surface area contributed by atoms with Crippen LogP contribution in [0.15, 0.2) is 18.2 Å². The topological polar surface area (TPSA) is 72.4 Å². The van der Waals surface area contributed by atoms with Crippen molar-refractivity contribution in [2.24, 2.45) is 0 Å². The van der Waals surface area contributed by atoms with Gasteiger partial charge in [0.2, 0.25) is 0 Å². The minimum atomic E-state index is -0.428. The molecule has 1 fully saturated rings. The molecule has 0 aromatic heterocycles. The summed E-state index contributed by atoms with van der Waals surface area (Å²) in [7, 11) is 0. The number of nitrogens with zero attached hydrogens (tertiary/aromatic N) is 2. The molecule has 0 bridgehead atoms.